The minimum atomic E-state index is -0.268. The van der Waals surface area contributed by atoms with Gasteiger partial charge in [0.25, 0.3) is 0 Å². The molecule has 11 heteroatoms. The molecule has 3 heterocycles. The van der Waals surface area contributed by atoms with Gasteiger partial charge in [0.15, 0.2) is 28.5 Å². The molecule has 4 aromatic rings. The maximum absolute atomic E-state index is 9.66. The van der Waals surface area contributed by atoms with Gasteiger partial charge in [0, 0.05) is 5.39 Å². The third-order valence-electron chi connectivity index (χ3n) is 4.77. The molecule has 0 spiro atoms. The Balaban J connectivity index is 2.49. The molecule has 0 bridgehead atoms. The van der Waals surface area contributed by atoms with E-state index in [1.165, 1.54) is 0 Å². The van der Waals surface area contributed by atoms with Crippen LogP contribution in [0.4, 0.5) is 0 Å². The van der Waals surface area contributed by atoms with Crippen LogP contribution in [0.15, 0.2) is 0 Å². The van der Waals surface area contributed by atoms with Gasteiger partial charge in [-0.3, -0.25) is 0 Å². The Morgan fingerprint density at radius 1 is 0.500 bits per heavy atom. The average Bonchev–Trinajstić information content (AvgIpc) is 2.85. The Morgan fingerprint density at radius 2 is 0.844 bits per heavy atom. The number of fused-ring (bicyclic) bond motifs is 6. The summed E-state index contributed by atoms with van der Waals surface area (Å²) in [6.07, 6.45) is 0.301. The van der Waals surface area contributed by atoms with E-state index in [0.717, 1.165) is 0 Å². The topological polar surface area (TPSA) is 207 Å². The first-order valence-electron chi connectivity index (χ1n) is 8.89. The number of hydrogen-bond acceptors (Lipinski definition) is 11. The summed E-state index contributed by atoms with van der Waals surface area (Å²) in [5.74, 6) is 0. The van der Waals surface area contributed by atoms with Crippen LogP contribution in [-0.2, 0) is 6.42 Å². The van der Waals surface area contributed by atoms with Gasteiger partial charge < -0.3 is 0 Å². The molecule has 0 unspecified atom stereocenters. The Morgan fingerprint density at radius 3 is 1.19 bits per heavy atom. The van der Waals surface area contributed by atoms with Crippen LogP contribution >= 0.6 is 0 Å². The molecule has 1 aromatic carbocycles. The molecule has 11 nitrogen and oxygen atoms in total. The van der Waals surface area contributed by atoms with E-state index in [4.69, 9.17) is 0 Å². The molecule has 4 rings (SSSR count). The lowest BCUT2D eigenvalue weighted by atomic mass is 9.96. The summed E-state index contributed by atoms with van der Waals surface area (Å²) in [7, 11) is 0. The zero-order valence-corrected chi connectivity index (χ0v) is 16.1. The summed E-state index contributed by atoms with van der Waals surface area (Å²) in [6.45, 7) is 1.76. The molecule has 0 aliphatic carbocycles. The van der Waals surface area contributed by atoms with Gasteiger partial charge in [-0.25, -0.2) is 24.9 Å². The standard InChI is InChI=1S/C21H5N11/c1-2-9-10(3-22)11(4-23)28-17-16(9)18-20(30-13(6-25)12(5-24)29-18)21-19(17)31-14(7-26)15(8-27)32-21/h2H2,1H3. The average molecular weight is 411 g/mol. The predicted molar refractivity (Wildman–Crippen MR) is 106 cm³/mol. The Labute approximate surface area is 179 Å². The van der Waals surface area contributed by atoms with Crippen molar-refractivity contribution in [1.29, 1.82) is 31.6 Å². The maximum Gasteiger partial charge on any atom is 0.177 e. The number of nitriles is 6. The van der Waals surface area contributed by atoms with E-state index in [9.17, 15) is 31.6 Å². The molecule has 144 valence electrons. The van der Waals surface area contributed by atoms with E-state index in [2.05, 4.69) is 24.9 Å². The molecule has 32 heavy (non-hydrogen) atoms. The fraction of sp³-hybridized carbons (Fsp3) is 0.0952. The van der Waals surface area contributed by atoms with Crippen molar-refractivity contribution in [2.24, 2.45) is 0 Å². The second-order valence-corrected chi connectivity index (χ2v) is 6.30. The highest BCUT2D eigenvalue weighted by Crippen LogP contribution is 2.35. The van der Waals surface area contributed by atoms with Gasteiger partial charge >= 0.3 is 0 Å². The molecule has 0 aliphatic rings. The normalized spacial score (nSPS) is 9.97. The van der Waals surface area contributed by atoms with Crippen molar-refractivity contribution < 1.29 is 0 Å². The Hall–Kier alpha value is -5.75. The maximum atomic E-state index is 9.66. The Bertz CT molecular complexity index is 1720. The van der Waals surface area contributed by atoms with Gasteiger partial charge in [-0.05, 0) is 12.0 Å². The van der Waals surface area contributed by atoms with Crippen LogP contribution in [0.5, 0.6) is 0 Å². The van der Waals surface area contributed by atoms with Gasteiger partial charge in [-0.2, -0.15) is 31.6 Å². The minimum Gasteiger partial charge on any atom is -0.233 e. The quantitative estimate of drug-likeness (QED) is 0.413. The molecular weight excluding hydrogens is 406 g/mol. The van der Waals surface area contributed by atoms with E-state index < -0.39 is 0 Å². The largest absolute Gasteiger partial charge is 0.233 e. The molecule has 0 radical (unpaired) electrons. The Kier molecular flexibility index (Phi) is 4.43. The van der Waals surface area contributed by atoms with Crippen LogP contribution < -0.4 is 0 Å². The van der Waals surface area contributed by atoms with Crippen LogP contribution in [0.2, 0.25) is 0 Å². The van der Waals surface area contributed by atoms with E-state index >= 15 is 0 Å². The van der Waals surface area contributed by atoms with E-state index in [1.807, 2.05) is 18.2 Å². The lowest BCUT2D eigenvalue weighted by Gasteiger charge is -2.13. The monoisotopic (exact) mass is 411 g/mol. The summed E-state index contributed by atoms with van der Waals surface area (Å²) >= 11 is 0. The third kappa shape index (κ3) is 2.51. The first-order valence-corrected chi connectivity index (χ1v) is 8.89. The number of benzene rings is 1. The summed E-state index contributed by atoms with van der Waals surface area (Å²) in [4.78, 5) is 21.2. The van der Waals surface area contributed by atoms with E-state index in [-0.39, 0.29) is 61.6 Å². The molecule has 0 fully saturated rings. The first-order chi connectivity index (χ1) is 15.6. The van der Waals surface area contributed by atoms with Crippen LogP contribution in [-0.4, -0.2) is 24.9 Å². The number of hydrogen-bond donors (Lipinski definition) is 0. The van der Waals surface area contributed by atoms with Gasteiger partial charge in [0.05, 0.1) is 5.56 Å². The third-order valence-corrected chi connectivity index (χ3v) is 4.77. The fourth-order valence-corrected chi connectivity index (χ4v) is 3.47. The predicted octanol–water partition coefficient (Wildman–Crippen LogP) is 1.91. The van der Waals surface area contributed by atoms with Crippen LogP contribution in [0.1, 0.15) is 46.5 Å². The second-order valence-electron chi connectivity index (χ2n) is 6.30. The molecule has 0 amide bonds. The zero-order valence-electron chi connectivity index (χ0n) is 16.1. The number of rotatable bonds is 1. The number of nitrogens with zero attached hydrogens (tertiary/aromatic N) is 11. The van der Waals surface area contributed by atoms with E-state index in [1.54, 1.807) is 25.1 Å². The SMILES string of the molecule is CCc1c(C#N)c(C#N)nc2c3nc(C#N)c(C#N)nc3c3nc(C#N)c(C#N)nc3c12. The molecule has 3 aromatic heterocycles. The van der Waals surface area contributed by atoms with Crippen molar-refractivity contribution >= 4 is 33.0 Å². The summed E-state index contributed by atoms with van der Waals surface area (Å²) < 4.78 is 0. The zero-order chi connectivity index (χ0) is 23.0. The number of aryl methyl sites for hydroxylation is 1. The summed E-state index contributed by atoms with van der Waals surface area (Å²) in [5.41, 5.74) is -0.331. The van der Waals surface area contributed by atoms with Crippen molar-refractivity contribution in [1.82, 2.24) is 24.9 Å². The smallest absolute Gasteiger partial charge is 0.177 e. The van der Waals surface area contributed by atoms with Crippen molar-refractivity contribution in [2.75, 3.05) is 0 Å². The van der Waals surface area contributed by atoms with Gasteiger partial charge in [0.2, 0.25) is 0 Å². The van der Waals surface area contributed by atoms with Crippen molar-refractivity contribution in [3.63, 3.8) is 0 Å². The highest BCUT2D eigenvalue weighted by atomic mass is 14.9. The number of pyridine rings is 1. The summed E-state index contributed by atoms with van der Waals surface area (Å²) in [5, 5.41) is 57.1. The fourth-order valence-electron chi connectivity index (χ4n) is 3.47. The molecule has 0 saturated carbocycles. The second kappa shape index (κ2) is 7.25. The highest BCUT2D eigenvalue weighted by Gasteiger charge is 2.24. The molecular formula is C21H5N11. The van der Waals surface area contributed by atoms with Crippen LogP contribution in [0.3, 0.4) is 0 Å². The summed E-state index contributed by atoms with van der Waals surface area (Å²) in [6, 6.07) is 11.1. The molecule has 0 saturated heterocycles. The number of aromatic nitrogens is 5. The van der Waals surface area contributed by atoms with E-state index in [0.29, 0.717) is 17.4 Å². The van der Waals surface area contributed by atoms with Gasteiger partial charge in [-0.15, -0.1) is 0 Å². The van der Waals surface area contributed by atoms with Crippen molar-refractivity contribution in [3.8, 4) is 36.4 Å². The lowest BCUT2D eigenvalue weighted by Crippen LogP contribution is -2.06. The van der Waals surface area contributed by atoms with Crippen molar-refractivity contribution in [2.45, 2.75) is 13.3 Å². The molecule has 0 N–H and O–H groups in total. The van der Waals surface area contributed by atoms with Gasteiger partial charge in [-0.1, -0.05) is 6.92 Å². The highest BCUT2D eigenvalue weighted by molar-refractivity contribution is 6.21. The molecule has 0 aliphatic heterocycles. The minimum absolute atomic E-state index is 0.0275. The van der Waals surface area contributed by atoms with Gasteiger partial charge in [0.1, 0.15) is 64.0 Å². The van der Waals surface area contributed by atoms with Crippen LogP contribution in [0.25, 0.3) is 33.0 Å². The lowest BCUT2D eigenvalue weighted by molar-refractivity contribution is 1.12. The molecule has 0 atom stereocenters. The van der Waals surface area contributed by atoms with Crippen molar-refractivity contribution in [3.05, 3.63) is 39.6 Å². The van der Waals surface area contributed by atoms with Crippen LogP contribution in [0, 0.1) is 68.0 Å². The first kappa shape index (κ1) is 19.6.